The van der Waals surface area contributed by atoms with E-state index in [1.54, 1.807) is 25.5 Å². The van der Waals surface area contributed by atoms with E-state index in [0.29, 0.717) is 13.0 Å². The van der Waals surface area contributed by atoms with Gasteiger partial charge in [-0.05, 0) is 29.8 Å². The van der Waals surface area contributed by atoms with Gasteiger partial charge in [-0.15, -0.1) is 0 Å². The molecule has 0 aliphatic heterocycles. The molecule has 0 atom stereocenters. The average molecular weight is 338 g/mol. The molecule has 0 bridgehead atoms. The van der Waals surface area contributed by atoms with E-state index in [1.165, 1.54) is 12.1 Å². The molecule has 0 aliphatic rings. The number of nitro benzene ring substituents is 1. The highest BCUT2D eigenvalue weighted by Crippen LogP contribution is 2.18. The first-order chi connectivity index (χ1) is 12.2. The molecule has 0 N–H and O–H groups in total. The monoisotopic (exact) mass is 338 g/mol. The van der Waals surface area contributed by atoms with Crippen LogP contribution in [0.3, 0.4) is 0 Å². The Morgan fingerprint density at radius 2 is 1.96 bits per heavy atom. The number of non-ortho nitro benzene ring substituents is 1. The molecule has 0 aliphatic carbocycles. The van der Waals surface area contributed by atoms with Gasteiger partial charge in [0.25, 0.3) is 5.69 Å². The number of nitro groups is 1. The second-order valence-electron chi connectivity index (χ2n) is 4.99. The molecule has 0 saturated heterocycles. The molecule has 0 unspecified atom stereocenters. The highest BCUT2D eigenvalue weighted by molar-refractivity contribution is 5.83. The first-order valence-corrected chi connectivity index (χ1v) is 7.64. The molecule has 0 fully saturated rings. The Balaban J connectivity index is 2.04. The maximum Gasteiger partial charge on any atom is 0.269 e. The summed E-state index contributed by atoms with van der Waals surface area (Å²) in [6.07, 6.45) is 2.26. The second kappa shape index (κ2) is 9.98. The van der Waals surface area contributed by atoms with Crippen LogP contribution in [0.2, 0.25) is 0 Å². The molecule has 0 heterocycles. The first-order valence-electron chi connectivity index (χ1n) is 7.64. The fraction of sp³-hybridized carbons (Fsp3) is 0.211. The molecule has 0 spiro atoms. The van der Waals surface area contributed by atoms with E-state index in [2.05, 4.69) is 16.8 Å². The number of ether oxygens (including phenoxy) is 2. The smallest absolute Gasteiger partial charge is 0.269 e. The van der Waals surface area contributed by atoms with E-state index in [4.69, 9.17) is 9.47 Å². The molecule has 6 heteroatoms. The van der Waals surface area contributed by atoms with Gasteiger partial charge in [0.1, 0.15) is 6.79 Å². The van der Waals surface area contributed by atoms with Crippen LogP contribution in [-0.2, 0) is 9.47 Å². The number of methoxy groups -OCH3 is 1. The first kappa shape index (κ1) is 18.3. The fourth-order valence-electron chi connectivity index (χ4n) is 1.94. The summed E-state index contributed by atoms with van der Waals surface area (Å²) in [4.78, 5) is 14.7. The van der Waals surface area contributed by atoms with Gasteiger partial charge in [0, 0.05) is 31.9 Å². The van der Waals surface area contributed by atoms with Crippen molar-refractivity contribution >= 4 is 17.6 Å². The lowest BCUT2D eigenvalue weighted by Crippen LogP contribution is -1.96. The van der Waals surface area contributed by atoms with E-state index < -0.39 is 4.92 Å². The maximum absolute atomic E-state index is 10.7. The van der Waals surface area contributed by atoms with E-state index in [9.17, 15) is 10.1 Å². The van der Waals surface area contributed by atoms with Crippen molar-refractivity contribution in [3.8, 4) is 11.8 Å². The normalized spacial score (nSPS) is 10.4. The zero-order valence-corrected chi connectivity index (χ0v) is 13.8. The Labute approximate surface area is 146 Å². The van der Waals surface area contributed by atoms with Gasteiger partial charge < -0.3 is 9.47 Å². The minimum Gasteiger partial charge on any atom is -0.359 e. The van der Waals surface area contributed by atoms with Gasteiger partial charge in [-0.25, -0.2) is 0 Å². The summed E-state index contributed by atoms with van der Waals surface area (Å²) in [7, 11) is 1.57. The number of nitrogens with zero attached hydrogens (tertiary/aromatic N) is 2. The van der Waals surface area contributed by atoms with E-state index >= 15 is 0 Å². The highest BCUT2D eigenvalue weighted by Gasteiger charge is 2.02. The van der Waals surface area contributed by atoms with Crippen LogP contribution in [0.15, 0.2) is 53.5 Å². The summed E-state index contributed by atoms with van der Waals surface area (Å²) in [6.45, 7) is 0.771. The van der Waals surface area contributed by atoms with Crippen molar-refractivity contribution in [1.29, 1.82) is 0 Å². The van der Waals surface area contributed by atoms with Gasteiger partial charge in [0.05, 0.1) is 22.8 Å². The lowest BCUT2D eigenvalue weighted by atomic mass is 10.1. The van der Waals surface area contributed by atoms with E-state index in [1.807, 2.05) is 24.3 Å². The second-order valence-corrected chi connectivity index (χ2v) is 4.99. The van der Waals surface area contributed by atoms with Crippen molar-refractivity contribution in [3.05, 3.63) is 69.8 Å². The van der Waals surface area contributed by atoms with Gasteiger partial charge in [-0.1, -0.05) is 24.0 Å². The van der Waals surface area contributed by atoms with Gasteiger partial charge in [0.2, 0.25) is 0 Å². The molecule has 6 nitrogen and oxygen atoms in total. The minimum absolute atomic E-state index is 0.0547. The van der Waals surface area contributed by atoms with Gasteiger partial charge >= 0.3 is 0 Å². The molecule has 0 saturated carbocycles. The Morgan fingerprint density at radius 1 is 1.20 bits per heavy atom. The third-order valence-corrected chi connectivity index (χ3v) is 3.16. The zero-order chi connectivity index (χ0) is 17.9. The topological polar surface area (TPSA) is 74.0 Å². The number of hydrogen-bond donors (Lipinski definition) is 0. The number of rotatable bonds is 7. The summed E-state index contributed by atoms with van der Waals surface area (Å²) in [5.74, 6) is 6.12. The third-order valence-electron chi connectivity index (χ3n) is 3.16. The van der Waals surface area contributed by atoms with Gasteiger partial charge in [0.15, 0.2) is 0 Å². The highest BCUT2D eigenvalue weighted by atomic mass is 16.7. The van der Waals surface area contributed by atoms with Crippen LogP contribution in [0.5, 0.6) is 0 Å². The Hall–Kier alpha value is -3.01. The summed E-state index contributed by atoms with van der Waals surface area (Å²) in [6, 6.07) is 13.8. The quantitative estimate of drug-likeness (QED) is 0.193. The Kier molecular flexibility index (Phi) is 7.32. The largest absolute Gasteiger partial charge is 0.359 e. The third kappa shape index (κ3) is 6.18. The molecule has 2 aromatic carbocycles. The lowest BCUT2D eigenvalue weighted by Gasteiger charge is -1.99. The van der Waals surface area contributed by atoms with Crippen LogP contribution >= 0.6 is 0 Å². The molecule has 128 valence electrons. The van der Waals surface area contributed by atoms with Crippen molar-refractivity contribution < 1.29 is 14.4 Å². The van der Waals surface area contributed by atoms with Gasteiger partial charge in [-0.2, -0.15) is 0 Å². The van der Waals surface area contributed by atoms with Crippen molar-refractivity contribution in [3.63, 3.8) is 0 Å². The number of aliphatic imine (C=N–C) groups is 1. The average Bonchev–Trinajstić information content (AvgIpc) is 2.64. The van der Waals surface area contributed by atoms with Crippen LogP contribution in [0.1, 0.15) is 17.5 Å². The SMILES string of the molecule is COCOCCC#Cc1ccccc1N=Cc1ccc([N+](=O)[O-])cc1. The van der Waals surface area contributed by atoms with Crippen LogP contribution < -0.4 is 0 Å². The molecule has 25 heavy (non-hydrogen) atoms. The zero-order valence-electron chi connectivity index (χ0n) is 13.8. The molecule has 0 aromatic heterocycles. The Morgan fingerprint density at radius 3 is 2.68 bits per heavy atom. The van der Waals surface area contributed by atoms with Crippen LogP contribution in [0.25, 0.3) is 0 Å². The van der Waals surface area contributed by atoms with Crippen LogP contribution in [-0.4, -0.2) is 31.6 Å². The van der Waals surface area contributed by atoms with Crippen molar-refractivity contribution in [1.82, 2.24) is 0 Å². The van der Waals surface area contributed by atoms with Gasteiger partial charge in [-0.3, -0.25) is 15.1 Å². The summed E-state index contributed by atoms with van der Waals surface area (Å²) in [5.41, 5.74) is 2.39. The van der Waals surface area contributed by atoms with Crippen molar-refractivity contribution in [2.24, 2.45) is 4.99 Å². The summed E-state index contributed by atoms with van der Waals surface area (Å²) < 4.78 is 9.97. The summed E-state index contributed by atoms with van der Waals surface area (Å²) in [5, 5.41) is 10.7. The van der Waals surface area contributed by atoms with E-state index in [0.717, 1.165) is 16.8 Å². The lowest BCUT2D eigenvalue weighted by molar-refractivity contribution is -0.384. The molecular formula is C19H18N2O4. The maximum atomic E-state index is 10.7. The number of para-hydroxylation sites is 1. The van der Waals surface area contributed by atoms with Crippen LogP contribution in [0, 0.1) is 22.0 Å². The summed E-state index contributed by atoms with van der Waals surface area (Å²) >= 11 is 0. The standard InChI is InChI=1S/C19H18N2O4/c1-24-15-25-13-5-4-7-17-6-2-3-8-19(17)20-14-16-9-11-18(12-10-16)21(22)23/h2-3,6,8-12,14H,5,13,15H2,1H3. The predicted octanol–water partition coefficient (Wildman–Crippen LogP) is 3.71. The van der Waals surface area contributed by atoms with Crippen LogP contribution in [0.4, 0.5) is 11.4 Å². The molecular weight excluding hydrogens is 320 g/mol. The predicted molar refractivity (Wildman–Crippen MR) is 96.1 cm³/mol. The Bertz CT molecular complexity index is 789. The fourth-order valence-corrected chi connectivity index (χ4v) is 1.94. The molecule has 0 amide bonds. The van der Waals surface area contributed by atoms with Crippen molar-refractivity contribution in [2.75, 3.05) is 20.5 Å². The van der Waals surface area contributed by atoms with Crippen molar-refractivity contribution in [2.45, 2.75) is 6.42 Å². The number of hydrogen-bond acceptors (Lipinski definition) is 5. The minimum atomic E-state index is -0.428. The molecule has 2 rings (SSSR count). The molecule has 2 aromatic rings. The molecule has 0 radical (unpaired) electrons. The van der Waals surface area contributed by atoms with E-state index in [-0.39, 0.29) is 12.5 Å². The number of benzene rings is 2.